The zero-order valence-corrected chi connectivity index (χ0v) is 39.3. The Balaban J connectivity index is 3.95. The Bertz CT molecular complexity index is 1350. The SMILES string of the molecule is CC/C=C/C=C/C=C\C=C/C=C/CCCC(=O)OCC(O)COP(=O)(O)OCC(O)COP(=O)(O)OCC(O)COC(=O)CCCCCCCCCCCCCCCCCCC. The minimum atomic E-state index is -4.80. The molecule has 5 atom stereocenters. The number of carbonyl (C=O) groups is 2. The quantitative estimate of drug-likeness (QED) is 0.0166. The summed E-state index contributed by atoms with van der Waals surface area (Å²) < 4.78 is 52.8. The van der Waals surface area contributed by atoms with E-state index in [9.17, 15) is 43.8 Å². The van der Waals surface area contributed by atoms with Crippen LogP contribution in [0.4, 0.5) is 0 Å². The highest BCUT2D eigenvalue weighted by Gasteiger charge is 2.28. The maximum atomic E-state index is 12.1. The Morgan fingerprint density at radius 1 is 0.435 bits per heavy atom. The number of hydrogen-bond donors (Lipinski definition) is 5. The number of phosphoric acid groups is 2. The molecule has 0 saturated carbocycles. The van der Waals surface area contributed by atoms with E-state index in [1.807, 2.05) is 54.7 Å². The average Bonchev–Trinajstić information content (AvgIpc) is 3.24. The fraction of sp³-hybridized carbons (Fsp3) is 0.733. The molecule has 5 unspecified atom stereocenters. The lowest BCUT2D eigenvalue weighted by Crippen LogP contribution is -2.25. The molecule has 0 radical (unpaired) electrons. The maximum Gasteiger partial charge on any atom is 0.472 e. The van der Waals surface area contributed by atoms with E-state index in [1.165, 1.54) is 83.5 Å². The summed E-state index contributed by atoms with van der Waals surface area (Å²) in [5.74, 6) is -1.07. The summed E-state index contributed by atoms with van der Waals surface area (Å²) in [5.41, 5.74) is 0. The number of carbonyl (C=O) groups excluding carboxylic acids is 2. The minimum Gasteiger partial charge on any atom is -0.463 e. The van der Waals surface area contributed by atoms with Crippen LogP contribution in [-0.4, -0.2) is 95.0 Å². The van der Waals surface area contributed by atoms with Gasteiger partial charge in [-0.1, -0.05) is 177 Å². The van der Waals surface area contributed by atoms with E-state index >= 15 is 0 Å². The second kappa shape index (κ2) is 41.4. The number of rotatable bonds is 43. The largest absolute Gasteiger partial charge is 0.472 e. The lowest BCUT2D eigenvalue weighted by molar-refractivity contribution is -0.148. The Labute approximate surface area is 371 Å². The highest BCUT2D eigenvalue weighted by molar-refractivity contribution is 7.47. The fourth-order valence-corrected chi connectivity index (χ4v) is 7.19. The first-order valence-corrected chi connectivity index (χ1v) is 25.7. The van der Waals surface area contributed by atoms with Crippen LogP contribution in [0.25, 0.3) is 0 Å². The van der Waals surface area contributed by atoms with Gasteiger partial charge in [0, 0.05) is 12.8 Å². The van der Waals surface area contributed by atoms with Crippen molar-refractivity contribution >= 4 is 27.6 Å². The van der Waals surface area contributed by atoms with Crippen LogP contribution >= 0.6 is 15.6 Å². The smallest absolute Gasteiger partial charge is 0.463 e. The number of phosphoric ester groups is 2. The van der Waals surface area contributed by atoms with Gasteiger partial charge in [-0.25, -0.2) is 9.13 Å². The Hall–Kier alpha value is -2.26. The van der Waals surface area contributed by atoms with Gasteiger partial charge in [-0.15, -0.1) is 0 Å². The standard InChI is InChI=1S/C45H80O15P2/c1-3-5-7-9-11-13-15-17-18-19-20-22-24-26-28-30-32-34-45(50)56-36-42(47)38-58-62(53,54)60-40-43(48)39-59-61(51,52)57-37-41(46)35-55-44(49)33-31-29-27-25-23-21-16-14-12-10-8-6-4-2/h6,8,10,12,14,16,21,23,25,27,41-43,46-48H,3-5,7,9,11,13,15,17-20,22,24,26,28-40H2,1-2H3,(H,51,52)(H,53,54)/b8-6+,12-10+,16-14-,23-21-,27-25+. The number of hydrogen-bond acceptors (Lipinski definition) is 13. The maximum absolute atomic E-state index is 12.1. The van der Waals surface area contributed by atoms with Gasteiger partial charge in [-0.3, -0.25) is 27.7 Å². The fourth-order valence-electron chi connectivity index (χ4n) is 5.60. The third-order valence-electron chi connectivity index (χ3n) is 9.12. The second-order valence-electron chi connectivity index (χ2n) is 15.2. The first-order chi connectivity index (χ1) is 29.8. The zero-order chi connectivity index (χ0) is 46.0. The first kappa shape index (κ1) is 59.7. The van der Waals surface area contributed by atoms with Crippen LogP contribution in [0, 0.1) is 0 Å². The van der Waals surface area contributed by atoms with E-state index < -0.39 is 85.5 Å². The summed E-state index contributed by atoms with van der Waals surface area (Å²) in [5, 5.41) is 29.9. The van der Waals surface area contributed by atoms with E-state index in [-0.39, 0.29) is 12.8 Å². The van der Waals surface area contributed by atoms with Gasteiger partial charge in [0.15, 0.2) is 0 Å². The van der Waals surface area contributed by atoms with Gasteiger partial charge in [0.25, 0.3) is 0 Å². The molecular formula is C45H80O15P2. The van der Waals surface area contributed by atoms with Crippen molar-refractivity contribution in [2.24, 2.45) is 0 Å². The molecule has 0 amide bonds. The van der Waals surface area contributed by atoms with Crippen LogP contribution in [0.1, 0.15) is 155 Å². The predicted octanol–water partition coefficient (Wildman–Crippen LogP) is 9.83. The van der Waals surface area contributed by atoms with Gasteiger partial charge in [0.1, 0.15) is 31.5 Å². The molecule has 0 heterocycles. The molecule has 5 N–H and O–H groups in total. The molecular weight excluding hydrogens is 842 g/mol. The van der Waals surface area contributed by atoms with Gasteiger partial charge < -0.3 is 34.6 Å². The van der Waals surface area contributed by atoms with E-state index in [0.717, 1.165) is 25.7 Å². The number of ether oxygens (including phenoxy) is 2. The summed E-state index contributed by atoms with van der Waals surface area (Å²) in [7, 11) is -9.59. The van der Waals surface area contributed by atoms with Crippen molar-refractivity contribution in [3.8, 4) is 0 Å². The molecule has 0 aliphatic carbocycles. The normalized spacial score (nSPS) is 15.8. The molecule has 0 bridgehead atoms. The summed E-state index contributed by atoms with van der Waals surface area (Å²) >= 11 is 0. The van der Waals surface area contributed by atoms with E-state index in [4.69, 9.17) is 9.47 Å². The van der Waals surface area contributed by atoms with Crippen molar-refractivity contribution in [2.45, 2.75) is 173 Å². The van der Waals surface area contributed by atoms with Gasteiger partial charge in [0.2, 0.25) is 0 Å². The van der Waals surface area contributed by atoms with E-state index in [1.54, 1.807) is 0 Å². The average molecular weight is 923 g/mol. The van der Waals surface area contributed by atoms with Crippen molar-refractivity contribution in [3.05, 3.63) is 60.8 Å². The molecule has 0 spiro atoms. The van der Waals surface area contributed by atoms with Crippen molar-refractivity contribution in [1.82, 2.24) is 0 Å². The van der Waals surface area contributed by atoms with Gasteiger partial charge in [-0.2, -0.15) is 0 Å². The number of allylic oxidation sites excluding steroid dienone is 10. The second-order valence-corrected chi connectivity index (χ2v) is 18.1. The number of aliphatic hydroxyl groups is 3. The van der Waals surface area contributed by atoms with Crippen LogP contribution in [-0.2, 0) is 46.3 Å². The molecule has 0 aromatic heterocycles. The molecule has 15 nitrogen and oxygen atoms in total. The molecule has 360 valence electrons. The van der Waals surface area contributed by atoms with Crippen molar-refractivity contribution in [3.63, 3.8) is 0 Å². The van der Waals surface area contributed by atoms with Crippen LogP contribution in [0.15, 0.2) is 60.8 Å². The van der Waals surface area contributed by atoms with Crippen molar-refractivity contribution in [1.29, 1.82) is 0 Å². The lowest BCUT2D eigenvalue weighted by atomic mass is 10.0. The number of unbranched alkanes of at least 4 members (excludes halogenated alkanes) is 17. The Morgan fingerprint density at radius 2 is 0.742 bits per heavy atom. The first-order valence-electron chi connectivity index (χ1n) is 22.7. The van der Waals surface area contributed by atoms with Crippen LogP contribution < -0.4 is 0 Å². The third-order valence-corrected chi connectivity index (χ3v) is 11.0. The number of esters is 2. The van der Waals surface area contributed by atoms with E-state index in [2.05, 4.69) is 38.0 Å². The van der Waals surface area contributed by atoms with Gasteiger partial charge in [-0.05, 0) is 25.7 Å². The third kappa shape index (κ3) is 43.0. The highest BCUT2D eigenvalue weighted by Crippen LogP contribution is 2.45. The minimum absolute atomic E-state index is 0.0979. The molecule has 62 heavy (non-hydrogen) atoms. The summed E-state index contributed by atoms with van der Waals surface area (Å²) in [6.45, 7) is 0.178. The number of aliphatic hydroxyl groups excluding tert-OH is 3. The molecule has 0 aliphatic heterocycles. The van der Waals surface area contributed by atoms with Crippen LogP contribution in [0.5, 0.6) is 0 Å². The monoisotopic (exact) mass is 922 g/mol. The molecule has 0 rings (SSSR count). The van der Waals surface area contributed by atoms with Gasteiger partial charge in [0.05, 0.1) is 26.4 Å². The Morgan fingerprint density at radius 3 is 1.11 bits per heavy atom. The summed E-state index contributed by atoms with van der Waals surface area (Å²) in [4.78, 5) is 43.6. The molecule has 0 aliphatic rings. The highest BCUT2D eigenvalue weighted by atomic mass is 31.2. The summed E-state index contributed by atoms with van der Waals surface area (Å²) in [6.07, 6.45) is 38.0. The zero-order valence-electron chi connectivity index (χ0n) is 37.5. The van der Waals surface area contributed by atoms with Crippen molar-refractivity contribution < 1.29 is 71.4 Å². The van der Waals surface area contributed by atoms with E-state index in [0.29, 0.717) is 19.3 Å². The Kier molecular flexibility index (Phi) is 39.9. The van der Waals surface area contributed by atoms with Crippen LogP contribution in [0.2, 0.25) is 0 Å². The molecule has 0 saturated heterocycles. The topological polar surface area (TPSA) is 225 Å². The predicted molar refractivity (Wildman–Crippen MR) is 242 cm³/mol. The molecule has 0 fully saturated rings. The van der Waals surface area contributed by atoms with Crippen molar-refractivity contribution in [2.75, 3.05) is 39.6 Å². The molecule has 0 aromatic rings. The molecule has 0 aromatic carbocycles. The van der Waals surface area contributed by atoms with Gasteiger partial charge >= 0.3 is 27.6 Å². The summed E-state index contributed by atoms with van der Waals surface area (Å²) in [6, 6.07) is 0. The lowest BCUT2D eigenvalue weighted by Gasteiger charge is -2.19. The van der Waals surface area contributed by atoms with Crippen LogP contribution in [0.3, 0.4) is 0 Å². The molecule has 17 heteroatoms.